The summed E-state index contributed by atoms with van der Waals surface area (Å²) >= 11 is 3.35. The molecule has 0 aliphatic rings. The van der Waals surface area contributed by atoms with Crippen LogP contribution in [0.2, 0.25) is 0 Å². The molecule has 0 aliphatic heterocycles. The molecule has 0 amide bonds. The van der Waals surface area contributed by atoms with E-state index in [4.69, 9.17) is 5.73 Å². The average Bonchev–Trinajstić information content (AvgIpc) is 2.29. The Kier molecular flexibility index (Phi) is 5.71. The van der Waals surface area contributed by atoms with Crippen LogP contribution in [0.4, 0.5) is 11.5 Å². The Morgan fingerprint density at radius 3 is 2.65 bits per heavy atom. The molecule has 0 aliphatic carbocycles. The number of hydrogen-bond acceptors (Lipinski definition) is 4. The maximum Gasteiger partial charge on any atom is 0.149 e. The van der Waals surface area contributed by atoms with Crippen LogP contribution in [0, 0.1) is 0 Å². The summed E-state index contributed by atoms with van der Waals surface area (Å²) in [6, 6.07) is 2.19. The SMILES string of the molecule is CCN(CC)CC(C)Nc1ncc(Br)cc1N. The second kappa shape index (κ2) is 6.81. The lowest BCUT2D eigenvalue weighted by molar-refractivity contribution is 0.294. The zero-order valence-electron chi connectivity index (χ0n) is 10.7. The van der Waals surface area contributed by atoms with Crippen molar-refractivity contribution in [1.82, 2.24) is 9.88 Å². The summed E-state index contributed by atoms with van der Waals surface area (Å²) in [5.41, 5.74) is 6.57. The summed E-state index contributed by atoms with van der Waals surface area (Å²) < 4.78 is 0.900. The van der Waals surface area contributed by atoms with Crippen molar-refractivity contribution in [3.05, 3.63) is 16.7 Å². The third-order valence-corrected chi connectivity index (χ3v) is 3.13. The Bertz CT molecular complexity index is 352. The third-order valence-electron chi connectivity index (χ3n) is 2.69. The highest BCUT2D eigenvalue weighted by atomic mass is 79.9. The van der Waals surface area contributed by atoms with Gasteiger partial charge in [0.25, 0.3) is 0 Å². The number of nitrogens with two attached hydrogens (primary N) is 1. The van der Waals surface area contributed by atoms with Crippen molar-refractivity contribution in [2.45, 2.75) is 26.8 Å². The van der Waals surface area contributed by atoms with Crippen LogP contribution in [0.1, 0.15) is 20.8 Å². The van der Waals surface area contributed by atoms with E-state index in [1.165, 1.54) is 0 Å². The van der Waals surface area contributed by atoms with E-state index in [0.29, 0.717) is 11.7 Å². The fourth-order valence-corrected chi connectivity index (χ4v) is 2.07. The molecule has 0 bridgehead atoms. The molecule has 0 saturated heterocycles. The van der Waals surface area contributed by atoms with Crippen molar-refractivity contribution in [2.24, 2.45) is 0 Å². The van der Waals surface area contributed by atoms with Gasteiger partial charge in [-0.2, -0.15) is 0 Å². The Morgan fingerprint density at radius 2 is 2.12 bits per heavy atom. The number of nitrogen functional groups attached to an aromatic ring is 1. The Balaban J connectivity index is 2.58. The minimum absolute atomic E-state index is 0.325. The minimum atomic E-state index is 0.325. The molecule has 1 unspecified atom stereocenters. The van der Waals surface area contributed by atoms with Crippen molar-refractivity contribution in [3.63, 3.8) is 0 Å². The molecule has 0 radical (unpaired) electrons. The van der Waals surface area contributed by atoms with Gasteiger partial charge in [0, 0.05) is 23.3 Å². The van der Waals surface area contributed by atoms with E-state index in [1.807, 2.05) is 6.07 Å². The van der Waals surface area contributed by atoms with Gasteiger partial charge in [0.2, 0.25) is 0 Å². The molecule has 1 rings (SSSR count). The molecule has 0 fully saturated rings. The molecule has 4 nitrogen and oxygen atoms in total. The molecule has 1 aromatic heterocycles. The predicted molar refractivity (Wildman–Crippen MR) is 77.2 cm³/mol. The van der Waals surface area contributed by atoms with E-state index in [2.05, 4.69) is 51.9 Å². The lowest BCUT2D eigenvalue weighted by atomic mass is 10.3. The van der Waals surface area contributed by atoms with E-state index < -0.39 is 0 Å². The van der Waals surface area contributed by atoms with E-state index in [0.717, 1.165) is 29.9 Å². The zero-order valence-corrected chi connectivity index (χ0v) is 12.3. The van der Waals surface area contributed by atoms with Crippen LogP contribution in [0.15, 0.2) is 16.7 Å². The predicted octanol–water partition coefficient (Wildman–Crippen LogP) is 2.57. The van der Waals surface area contributed by atoms with Crippen LogP contribution in [-0.4, -0.2) is 35.6 Å². The first-order chi connectivity index (χ1) is 8.06. The molecule has 96 valence electrons. The van der Waals surface area contributed by atoms with Gasteiger partial charge in [-0.25, -0.2) is 4.98 Å². The van der Waals surface area contributed by atoms with E-state index in [-0.39, 0.29) is 0 Å². The number of halogens is 1. The summed E-state index contributed by atoms with van der Waals surface area (Å²) in [6.45, 7) is 9.59. The molecule has 17 heavy (non-hydrogen) atoms. The van der Waals surface area contributed by atoms with Gasteiger partial charge in [0.15, 0.2) is 0 Å². The molecule has 1 heterocycles. The molecular weight excluding hydrogens is 280 g/mol. The number of hydrogen-bond donors (Lipinski definition) is 2. The van der Waals surface area contributed by atoms with Gasteiger partial charge in [0.1, 0.15) is 5.82 Å². The number of pyridine rings is 1. The minimum Gasteiger partial charge on any atom is -0.396 e. The van der Waals surface area contributed by atoms with Crippen molar-refractivity contribution >= 4 is 27.4 Å². The first kappa shape index (κ1) is 14.3. The second-order valence-electron chi connectivity index (χ2n) is 4.12. The molecule has 1 atom stereocenters. The van der Waals surface area contributed by atoms with Gasteiger partial charge in [-0.1, -0.05) is 13.8 Å². The number of rotatable bonds is 6. The summed E-state index contributed by atoms with van der Waals surface area (Å²) in [6.07, 6.45) is 1.75. The fourth-order valence-electron chi connectivity index (χ4n) is 1.72. The van der Waals surface area contributed by atoms with Crippen molar-refractivity contribution in [3.8, 4) is 0 Å². The summed E-state index contributed by atoms with van der Waals surface area (Å²) in [7, 11) is 0. The van der Waals surface area contributed by atoms with Crippen molar-refractivity contribution < 1.29 is 0 Å². The smallest absolute Gasteiger partial charge is 0.149 e. The maximum atomic E-state index is 5.90. The molecule has 0 spiro atoms. The number of likely N-dealkylation sites (N-methyl/N-ethyl adjacent to an activating group) is 1. The van der Waals surface area contributed by atoms with E-state index in [9.17, 15) is 0 Å². The van der Waals surface area contributed by atoms with E-state index >= 15 is 0 Å². The standard InChI is InChI=1S/C12H21BrN4/c1-4-17(5-2)8-9(3)16-12-11(14)6-10(13)7-15-12/h6-7,9H,4-5,8,14H2,1-3H3,(H,15,16). The molecule has 0 aromatic carbocycles. The molecule has 1 aromatic rings. The average molecular weight is 301 g/mol. The second-order valence-corrected chi connectivity index (χ2v) is 5.04. The monoisotopic (exact) mass is 300 g/mol. The van der Waals surface area contributed by atoms with Crippen LogP contribution < -0.4 is 11.1 Å². The molecule has 3 N–H and O–H groups in total. The van der Waals surface area contributed by atoms with Gasteiger partial charge in [-0.15, -0.1) is 0 Å². The lowest BCUT2D eigenvalue weighted by Crippen LogP contribution is -2.35. The number of aromatic nitrogens is 1. The van der Waals surface area contributed by atoms with Gasteiger partial charge in [-0.3, -0.25) is 0 Å². The highest BCUT2D eigenvalue weighted by Crippen LogP contribution is 2.20. The van der Waals surface area contributed by atoms with Crippen molar-refractivity contribution in [2.75, 3.05) is 30.7 Å². The summed E-state index contributed by atoms with van der Waals surface area (Å²) in [5, 5.41) is 3.34. The summed E-state index contributed by atoms with van der Waals surface area (Å²) in [4.78, 5) is 6.64. The maximum absolute atomic E-state index is 5.90. The lowest BCUT2D eigenvalue weighted by Gasteiger charge is -2.24. The largest absolute Gasteiger partial charge is 0.396 e. The topological polar surface area (TPSA) is 54.2 Å². The Hall–Kier alpha value is -0.810. The van der Waals surface area contributed by atoms with Crippen LogP contribution in [0.3, 0.4) is 0 Å². The van der Waals surface area contributed by atoms with Gasteiger partial charge >= 0.3 is 0 Å². The highest BCUT2D eigenvalue weighted by molar-refractivity contribution is 9.10. The third kappa shape index (κ3) is 4.52. The van der Waals surface area contributed by atoms with Crippen molar-refractivity contribution in [1.29, 1.82) is 0 Å². The fraction of sp³-hybridized carbons (Fsp3) is 0.583. The first-order valence-electron chi connectivity index (χ1n) is 5.96. The Labute approximate surface area is 112 Å². The van der Waals surface area contributed by atoms with Gasteiger partial charge in [-0.05, 0) is 42.0 Å². The molecule has 5 heteroatoms. The first-order valence-corrected chi connectivity index (χ1v) is 6.76. The van der Waals surface area contributed by atoms with Crippen LogP contribution in [-0.2, 0) is 0 Å². The molecule has 0 saturated carbocycles. The highest BCUT2D eigenvalue weighted by Gasteiger charge is 2.09. The molecular formula is C12H21BrN4. The Morgan fingerprint density at radius 1 is 1.47 bits per heavy atom. The number of anilines is 2. The number of nitrogens with one attached hydrogen (secondary N) is 1. The van der Waals surface area contributed by atoms with E-state index in [1.54, 1.807) is 6.20 Å². The summed E-state index contributed by atoms with van der Waals surface area (Å²) in [5.74, 6) is 0.757. The normalized spacial score (nSPS) is 12.8. The van der Waals surface area contributed by atoms with Gasteiger partial charge < -0.3 is 16.0 Å². The van der Waals surface area contributed by atoms with Crippen LogP contribution in [0.25, 0.3) is 0 Å². The zero-order chi connectivity index (χ0) is 12.8. The van der Waals surface area contributed by atoms with Gasteiger partial charge in [0.05, 0.1) is 5.69 Å². The quantitative estimate of drug-likeness (QED) is 0.848. The van der Waals surface area contributed by atoms with Crippen LogP contribution in [0.5, 0.6) is 0 Å². The number of nitrogens with zero attached hydrogens (tertiary/aromatic N) is 2. The van der Waals surface area contributed by atoms with Crippen LogP contribution >= 0.6 is 15.9 Å².